The number of hydrogen-bond acceptors (Lipinski definition) is 0. The Kier molecular flexibility index (Phi) is 16.1. The molecule has 0 aromatic rings. The summed E-state index contributed by atoms with van der Waals surface area (Å²) in [6, 6.07) is 0. The standard InChI is InChI=1S/C19H40/c1-4-7-10-12-15-18-19(16-13-9-6-3)17-14-11-8-5-2/h19H,4-18H2,1-3H3. The molecule has 0 N–H and O–H groups in total. The van der Waals surface area contributed by atoms with E-state index in [9.17, 15) is 0 Å². The van der Waals surface area contributed by atoms with Gasteiger partial charge in [0.2, 0.25) is 0 Å². The normalized spacial score (nSPS) is 12.8. The van der Waals surface area contributed by atoms with Gasteiger partial charge in [-0.2, -0.15) is 0 Å². The van der Waals surface area contributed by atoms with E-state index in [-0.39, 0.29) is 0 Å². The van der Waals surface area contributed by atoms with Crippen LogP contribution in [0.15, 0.2) is 0 Å². The maximum absolute atomic E-state index is 2.32. The van der Waals surface area contributed by atoms with Crippen molar-refractivity contribution in [3.63, 3.8) is 0 Å². The van der Waals surface area contributed by atoms with E-state index >= 15 is 0 Å². The van der Waals surface area contributed by atoms with E-state index in [0.29, 0.717) is 0 Å². The monoisotopic (exact) mass is 268 g/mol. The predicted molar refractivity (Wildman–Crippen MR) is 89.8 cm³/mol. The third kappa shape index (κ3) is 14.2. The summed E-state index contributed by atoms with van der Waals surface area (Å²) in [5.41, 5.74) is 0. The molecule has 0 heteroatoms. The number of rotatable bonds is 15. The molecule has 0 aromatic carbocycles. The highest BCUT2D eigenvalue weighted by molar-refractivity contribution is 4.61. The lowest BCUT2D eigenvalue weighted by molar-refractivity contribution is 0.369. The van der Waals surface area contributed by atoms with Gasteiger partial charge in [0.1, 0.15) is 0 Å². The molecule has 0 rings (SSSR count). The summed E-state index contributed by atoms with van der Waals surface area (Å²) in [6.07, 6.45) is 21.8. The van der Waals surface area contributed by atoms with Gasteiger partial charge in [-0.25, -0.2) is 0 Å². The molecule has 0 aliphatic rings. The van der Waals surface area contributed by atoms with Gasteiger partial charge in [-0.1, -0.05) is 117 Å². The van der Waals surface area contributed by atoms with Crippen LogP contribution in [-0.2, 0) is 0 Å². The molecule has 116 valence electrons. The lowest BCUT2D eigenvalue weighted by atomic mass is 9.90. The molecular formula is C19H40. The third-order valence-corrected chi connectivity index (χ3v) is 4.40. The number of hydrogen-bond donors (Lipinski definition) is 0. The minimum Gasteiger partial charge on any atom is -0.0654 e. The Hall–Kier alpha value is 0. The van der Waals surface area contributed by atoms with Crippen molar-refractivity contribution in [2.24, 2.45) is 5.92 Å². The summed E-state index contributed by atoms with van der Waals surface area (Å²) in [7, 11) is 0. The largest absolute Gasteiger partial charge is 0.0654 e. The second kappa shape index (κ2) is 16.1. The highest BCUT2D eigenvalue weighted by atomic mass is 14.1. The van der Waals surface area contributed by atoms with Crippen LogP contribution in [0, 0.1) is 5.92 Å². The van der Waals surface area contributed by atoms with Gasteiger partial charge in [-0.15, -0.1) is 0 Å². The van der Waals surface area contributed by atoms with Gasteiger partial charge >= 0.3 is 0 Å². The average Bonchev–Trinajstić information content (AvgIpc) is 2.42. The van der Waals surface area contributed by atoms with Crippen molar-refractivity contribution < 1.29 is 0 Å². The van der Waals surface area contributed by atoms with E-state index in [2.05, 4.69) is 20.8 Å². The minimum absolute atomic E-state index is 1.05. The first-order valence-corrected chi connectivity index (χ1v) is 9.35. The van der Waals surface area contributed by atoms with Gasteiger partial charge < -0.3 is 0 Å². The van der Waals surface area contributed by atoms with Crippen LogP contribution < -0.4 is 0 Å². The van der Waals surface area contributed by atoms with Crippen LogP contribution >= 0.6 is 0 Å². The van der Waals surface area contributed by atoms with E-state index in [1.807, 2.05) is 0 Å². The van der Waals surface area contributed by atoms with E-state index in [4.69, 9.17) is 0 Å². The summed E-state index contributed by atoms with van der Waals surface area (Å²) in [4.78, 5) is 0. The lowest BCUT2D eigenvalue weighted by Gasteiger charge is -2.16. The molecule has 0 radical (unpaired) electrons. The highest BCUT2D eigenvalue weighted by Gasteiger charge is 2.08. The molecule has 0 amide bonds. The molecule has 0 bridgehead atoms. The molecule has 0 aliphatic carbocycles. The molecule has 0 aromatic heterocycles. The van der Waals surface area contributed by atoms with Crippen LogP contribution in [0.4, 0.5) is 0 Å². The first kappa shape index (κ1) is 19.0. The molecule has 0 fully saturated rings. The predicted octanol–water partition coefficient (Wildman–Crippen LogP) is 7.51. The van der Waals surface area contributed by atoms with Gasteiger partial charge in [0, 0.05) is 0 Å². The highest BCUT2D eigenvalue weighted by Crippen LogP contribution is 2.23. The van der Waals surface area contributed by atoms with Crippen molar-refractivity contribution in [3.8, 4) is 0 Å². The fraction of sp³-hybridized carbons (Fsp3) is 1.00. The van der Waals surface area contributed by atoms with E-state index in [1.165, 1.54) is 96.3 Å². The van der Waals surface area contributed by atoms with Gasteiger partial charge in [0.15, 0.2) is 0 Å². The Morgan fingerprint density at radius 3 is 1.21 bits per heavy atom. The molecule has 1 unspecified atom stereocenters. The topological polar surface area (TPSA) is 0 Å². The van der Waals surface area contributed by atoms with Gasteiger partial charge in [0.05, 0.1) is 0 Å². The second-order valence-corrected chi connectivity index (χ2v) is 6.41. The molecule has 0 aliphatic heterocycles. The van der Waals surface area contributed by atoms with Crippen molar-refractivity contribution >= 4 is 0 Å². The van der Waals surface area contributed by atoms with E-state index < -0.39 is 0 Å². The second-order valence-electron chi connectivity index (χ2n) is 6.41. The SMILES string of the molecule is CCCCCCCC(CCCCC)CCCCCC. The number of unbranched alkanes of at least 4 members (excludes halogenated alkanes) is 9. The molecular weight excluding hydrogens is 228 g/mol. The van der Waals surface area contributed by atoms with Crippen molar-refractivity contribution in [3.05, 3.63) is 0 Å². The van der Waals surface area contributed by atoms with Gasteiger partial charge in [-0.05, 0) is 5.92 Å². The minimum atomic E-state index is 1.05. The molecule has 0 nitrogen and oxygen atoms in total. The lowest BCUT2D eigenvalue weighted by Crippen LogP contribution is -2.01. The van der Waals surface area contributed by atoms with Crippen molar-refractivity contribution in [2.75, 3.05) is 0 Å². The van der Waals surface area contributed by atoms with E-state index in [1.54, 1.807) is 0 Å². The zero-order valence-corrected chi connectivity index (χ0v) is 14.2. The summed E-state index contributed by atoms with van der Waals surface area (Å²) in [6.45, 7) is 6.94. The van der Waals surface area contributed by atoms with E-state index in [0.717, 1.165) is 5.92 Å². The Bertz CT molecular complexity index is 150. The quantitative estimate of drug-likeness (QED) is 0.269. The van der Waals surface area contributed by atoms with Crippen LogP contribution in [0.2, 0.25) is 0 Å². The maximum atomic E-state index is 2.32. The molecule has 0 saturated heterocycles. The maximum Gasteiger partial charge on any atom is -0.0414 e. The molecule has 0 heterocycles. The Balaban J connectivity index is 3.63. The van der Waals surface area contributed by atoms with Crippen LogP contribution in [-0.4, -0.2) is 0 Å². The fourth-order valence-electron chi connectivity index (χ4n) is 3.01. The van der Waals surface area contributed by atoms with Gasteiger partial charge in [-0.3, -0.25) is 0 Å². The van der Waals surface area contributed by atoms with Gasteiger partial charge in [0.25, 0.3) is 0 Å². The van der Waals surface area contributed by atoms with Crippen LogP contribution in [0.1, 0.15) is 117 Å². The van der Waals surface area contributed by atoms with Crippen LogP contribution in [0.3, 0.4) is 0 Å². The smallest absolute Gasteiger partial charge is 0.0414 e. The Labute approximate surface area is 123 Å². The average molecular weight is 269 g/mol. The molecule has 0 spiro atoms. The zero-order chi connectivity index (χ0) is 14.2. The summed E-state index contributed by atoms with van der Waals surface area (Å²) in [5.74, 6) is 1.05. The van der Waals surface area contributed by atoms with Crippen LogP contribution in [0.25, 0.3) is 0 Å². The Morgan fingerprint density at radius 1 is 0.421 bits per heavy atom. The first-order chi connectivity index (χ1) is 9.35. The third-order valence-electron chi connectivity index (χ3n) is 4.40. The fourth-order valence-corrected chi connectivity index (χ4v) is 3.01. The van der Waals surface area contributed by atoms with Crippen molar-refractivity contribution in [1.82, 2.24) is 0 Å². The zero-order valence-electron chi connectivity index (χ0n) is 14.2. The Morgan fingerprint density at radius 2 is 0.737 bits per heavy atom. The molecule has 1 atom stereocenters. The first-order valence-electron chi connectivity index (χ1n) is 9.35. The van der Waals surface area contributed by atoms with Crippen molar-refractivity contribution in [2.45, 2.75) is 117 Å². The summed E-state index contributed by atoms with van der Waals surface area (Å²) in [5, 5.41) is 0. The molecule has 0 saturated carbocycles. The van der Waals surface area contributed by atoms with Crippen LogP contribution in [0.5, 0.6) is 0 Å². The molecule has 19 heavy (non-hydrogen) atoms. The summed E-state index contributed by atoms with van der Waals surface area (Å²) < 4.78 is 0. The van der Waals surface area contributed by atoms with Crippen molar-refractivity contribution in [1.29, 1.82) is 0 Å². The summed E-state index contributed by atoms with van der Waals surface area (Å²) >= 11 is 0.